The van der Waals surface area contributed by atoms with Crippen molar-refractivity contribution in [2.45, 2.75) is 88.6 Å². The van der Waals surface area contributed by atoms with Gasteiger partial charge in [0.2, 0.25) is 17.7 Å². The first-order chi connectivity index (χ1) is 21.1. The molecule has 3 amide bonds. The minimum absolute atomic E-state index is 0.0466. The number of benzene rings is 1. The fourth-order valence-corrected chi connectivity index (χ4v) is 7.00. The number of carbonyl (C=O) groups excluding carboxylic acids is 4. The molecule has 0 aliphatic carbocycles. The lowest BCUT2D eigenvalue weighted by Gasteiger charge is -2.41. The second-order valence-electron chi connectivity index (χ2n) is 13.2. The van der Waals surface area contributed by atoms with E-state index in [9.17, 15) is 24.3 Å². The predicted molar refractivity (Wildman–Crippen MR) is 163 cm³/mol. The summed E-state index contributed by atoms with van der Waals surface area (Å²) in [6.45, 7) is 6.56. The first-order valence-corrected chi connectivity index (χ1v) is 15.8. The Morgan fingerprint density at radius 1 is 1.00 bits per heavy atom. The first kappa shape index (κ1) is 31.9. The number of likely N-dealkylation sites (tertiary alicyclic amines) is 1. The molecule has 4 aliphatic rings. The Bertz CT molecular complexity index is 1290. The number of amides is 3. The molecular formula is C34H45N3O7. The van der Waals surface area contributed by atoms with Gasteiger partial charge in [-0.3, -0.25) is 19.2 Å². The minimum Gasteiger partial charge on any atom is -0.463 e. The predicted octanol–water partition coefficient (Wildman–Crippen LogP) is 3.07. The molecule has 5 bridgehead atoms. The lowest BCUT2D eigenvalue weighted by Crippen LogP contribution is -2.59. The van der Waals surface area contributed by atoms with E-state index in [0.717, 1.165) is 18.4 Å². The smallest absolute Gasteiger partial charge is 0.306 e. The van der Waals surface area contributed by atoms with Crippen LogP contribution in [0.5, 0.6) is 0 Å². The number of hydrogen-bond acceptors (Lipinski definition) is 7. The molecule has 238 valence electrons. The summed E-state index contributed by atoms with van der Waals surface area (Å²) in [7, 11) is 0. The molecule has 0 radical (unpaired) electrons. The monoisotopic (exact) mass is 607 g/mol. The second kappa shape index (κ2) is 13.2. The van der Waals surface area contributed by atoms with Gasteiger partial charge in [0.05, 0.1) is 24.0 Å². The molecule has 2 saturated heterocycles. The van der Waals surface area contributed by atoms with E-state index in [4.69, 9.17) is 9.47 Å². The van der Waals surface area contributed by atoms with Crippen molar-refractivity contribution >= 4 is 23.7 Å². The SMILES string of the molecule is CC(C)(C)N1C/C=C\CCC(=O)OC[C@@H](c2ccccc2)NC(=O)[C@@H]2[C@@H]3C=C[C@]4(O3)[C@H](C1=O)N(CCCCCCO)C(=O)[C@@H]24. The van der Waals surface area contributed by atoms with E-state index in [2.05, 4.69) is 5.32 Å². The van der Waals surface area contributed by atoms with Gasteiger partial charge in [0, 0.05) is 31.7 Å². The zero-order valence-electron chi connectivity index (χ0n) is 25.9. The number of ether oxygens (including phenoxy) is 2. The Kier molecular flexibility index (Phi) is 9.60. The fourth-order valence-electron chi connectivity index (χ4n) is 7.00. The van der Waals surface area contributed by atoms with E-state index in [1.807, 2.05) is 75.4 Å². The molecule has 2 N–H and O–H groups in total. The maximum atomic E-state index is 14.6. The molecule has 0 unspecified atom stereocenters. The molecule has 1 aromatic carbocycles. The summed E-state index contributed by atoms with van der Waals surface area (Å²) in [6, 6.07) is 7.75. The Labute approximate surface area is 259 Å². The number of hydrogen-bond donors (Lipinski definition) is 2. The molecule has 10 nitrogen and oxygen atoms in total. The average molecular weight is 608 g/mol. The van der Waals surface area contributed by atoms with E-state index < -0.39 is 41.2 Å². The Hall–Kier alpha value is -3.50. The molecular weight excluding hydrogens is 562 g/mol. The third-order valence-electron chi connectivity index (χ3n) is 9.19. The van der Waals surface area contributed by atoms with Crippen molar-refractivity contribution < 1.29 is 33.8 Å². The van der Waals surface area contributed by atoms with Gasteiger partial charge in [-0.05, 0) is 45.6 Å². The van der Waals surface area contributed by atoms with Gasteiger partial charge in [0.25, 0.3) is 0 Å². The summed E-state index contributed by atoms with van der Waals surface area (Å²) in [5, 5.41) is 12.3. The van der Waals surface area contributed by atoms with Gasteiger partial charge in [0.1, 0.15) is 18.2 Å². The van der Waals surface area contributed by atoms with Gasteiger partial charge < -0.3 is 29.7 Å². The minimum atomic E-state index is -1.26. The van der Waals surface area contributed by atoms with E-state index in [1.54, 1.807) is 9.80 Å². The van der Waals surface area contributed by atoms with Crippen molar-refractivity contribution in [3.63, 3.8) is 0 Å². The summed E-state index contributed by atoms with van der Waals surface area (Å²) in [6.07, 6.45) is 10.3. The summed E-state index contributed by atoms with van der Waals surface area (Å²) < 4.78 is 12.1. The molecule has 1 spiro atoms. The number of fused-ring (bicyclic) bond motifs is 2. The number of cyclic esters (lactones) is 1. The van der Waals surface area contributed by atoms with Crippen LogP contribution in [0.25, 0.3) is 0 Å². The van der Waals surface area contributed by atoms with Crippen LogP contribution in [0.4, 0.5) is 0 Å². The molecule has 6 atom stereocenters. The summed E-state index contributed by atoms with van der Waals surface area (Å²) in [5.41, 5.74) is -1.06. The van der Waals surface area contributed by atoms with Crippen molar-refractivity contribution in [1.29, 1.82) is 0 Å². The molecule has 4 aliphatic heterocycles. The highest BCUT2D eigenvalue weighted by molar-refractivity contribution is 6.00. The maximum Gasteiger partial charge on any atom is 0.306 e. The topological polar surface area (TPSA) is 125 Å². The van der Waals surface area contributed by atoms with Crippen molar-refractivity contribution in [3.8, 4) is 0 Å². The zero-order valence-corrected chi connectivity index (χ0v) is 25.9. The lowest BCUT2D eigenvalue weighted by atomic mass is 9.74. The van der Waals surface area contributed by atoms with E-state index in [1.165, 1.54) is 0 Å². The number of rotatable bonds is 7. The van der Waals surface area contributed by atoms with Crippen LogP contribution < -0.4 is 5.32 Å². The van der Waals surface area contributed by atoms with E-state index in [-0.39, 0.29) is 43.3 Å². The molecule has 5 rings (SSSR count). The van der Waals surface area contributed by atoms with Gasteiger partial charge in [-0.25, -0.2) is 0 Å². The van der Waals surface area contributed by atoms with Crippen LogP contribution in [0.15, 0.2) is 54.6 Å². The van der Waals surface area contributed by atoms with Crippen LogP contribution in [0.1, 0.15) is 70.9 Å². The summed E-state index contributed by atoms with van der Waals surface area (Å²) in [4.78, 5) is 59.0. The van der Waals surface area contributed by atoms with E-state index >= 15 is 0 Å². The third-order valence-corrected chi connectivity index (χ3v) is 9.19. The van der Waals surface area contributed by atoms with Crippen LogP contribution in [0.3, 0.4) is 0 Å². The lowest BCUT2D eigenvalue weighted by molar-refractivity contribution is -0.150. The number of esters is 1. The van der Waals surface area contributed by atoms with Crippen molar-refractivity contribution in [2.24, 2.45) is 11.8 Å². The number of carbonyl (C=O) groups is 4. The number of aliphatic hydroxyl groups excluding tert-OH is 1. The third kappa shape index (κ3) is 6.19. The number of nitrogens with one attached hydrogen (secondary N) is 1. The fraction of sp³-hybridized carbons (Fsp3) is 0.588. The van der Waals surface area contributed by atoms with Crippen LogP contribution in [0.2, 0.25) is 0 Å². The summed E-state index contributed by atoms with van der Waals surface area (Å²) >= 11 is 0. The normalized spacial score (nSPS) is 31.7. The van der Waals surface area contributed by atoms with Crippen LogP contribution in [-0.2, 0) is 28.7 Å². The molecule has 10 heteroatoms. The van der Waals surface area contributed by atoms with Crippen LogP contribution in [-0.4, -0.2) is 88.2 Å². The highest BCUT2D eigenvalue weighted by Gasteiger charge is 2.73. The van der Waals surface area contributed by atoms with Gasteiger partial charge in [0.15, 0.2) is 0 Å². The zero-order chi connectivity index (χ0) is 31.5. The molecule has 44 heavy (non-hydrogen) atoms. The van der Waals surface area contributed by atoms with Gasteiger partial charge in [-0.2, -0.15) is 0 Å². The Balaban J connectivity index is 1.53. The molecule has 4 heterocycles. The standard InChI is InChI=1S/C34H45N3O7/c1-33(2,3)37-20-12-7-10-16-26(39)43-22-24(23-14-8-6-9-15-23)35-30(40)27-25-17-18-34(44-25)28(27)31(41)36(29(34)32(37)42)19-11-4-5-13-21-38/h6-9,12,14-15,17-18,24-25,27-29,38H,4-5,10-11,13,16,19-22H2,1-3H3,(H,35,40)/b12-7-/t24-,25-,27+,28+,29-,34+/m0/s1. The highest BCUT2D eigenvalue weighted by Crippen LogP contribution is 2.55. The van der Waals surface area contributed by atoms with Crippen molar-refractivity contribution in [1.82, 2.24) is 15.1 Å². The number of nitrogens with zero attached hydrogens (tertiary/aromatic N) is 2. The first-order valence-electron chi connectivity index (χ1n) is 15.8. The quantitative estimate of drug-likeness (QED) is 0.277. The van der Waals surface area contributed by atoms with Crippen molar-refractivity contribution in [3.05, 3.63) is 60.2 Å². The van der Waals surface area contributed by atoms with Crippen LogP contribution >= 0.6 is 0 Å². The number of aliphatic hydroxyl groups is 1. The molecule has 0 aromatic heterocycles. The molecule has 0 saturated carbocycles. The Morgan fingerprint density at radius 2 is 1.75 bits per heavy atom. The average Bonchev–Trinajstić information content (AvgIpc) is 3.63. The highest BCUT2D eigenvalue weighted by atomic mass is 16.5. The van der Waals surface area contributed by atoms with Gasteiger partial charge in [-0.1, -0.05) is 67.5 Å². The number of allylic oxidation sites excluding steroid dienone is 1. The summed E-state index contributed by atoms with van der Waals surface area (Å²) in [5.74, 6) is -2.96. The van der Waals surface area contributed by atoms with Crippen LogP contribution in [0, 0.1) is 11.8 Å². The molecule has 2 fully saturated rings. The second-order valence-corrected chi connectivity index (χ2v) is 13.2. The maximum absolute atomic E-state index is 14.6. The molecule has 1 aromatic rings. The largest absolute Gasteiger partial charge is 0.463 e. The van der Waals surface area contributed by atoms with Gasteiger partial charge in [-0.15, -0.1) is 0 Å². The number of unbranched alkanes of at least 4 members (excludes halogenated alkanes) is 3. The Morgan fingerprint density at radius 3 is 2.48 bits per heavy atom. The van der Waals surface area contributed by atoms with Crippen molar-refractivity contribution in [2.75, 3.05) is 26.3 Å². The van der Waals surface area contributed by atoms with E-state index in [0.29, 0.717) is 32.4 Å². The van der Waals surface area contributed by atoms with Gasteiger partial charge >= 0.3 is 5.97 Å².